The van der Waals surface area contributed by atoms with Gasteiger partial charge in [-0.1, -0.05) is 69.5 Å². The number of allylic oxidation sites excluding steroid dienone is 2. The fraction of sp³-hybridized carbons (Fsp3) is 0.875. The van der Waals surface area contributed by atoms with Crippen molar-refractivity contribution in [3.63, 3.8) is 0 Å². The van der Waals surface area contributed by atoms with Crippen molar-refractivity contribution in [2.75, 3.05) is 0 Å². The van der Waals surface area contributed by atoms with Crippen molar-refractivity contribution in [2.24, 2.45) is 5.92 Å². The summed E-state index contributed by atoms with van der Waals surface area (Å²) >= 11 is -0.488. The van der Waals surface area contributed by atoms with E-state index in [9.17, 15) is 0 Å². The van der Waals surface area contributed by atoms with Crippen LogP contribution >= 0.6 is 0 Å². The van der Waals surface area contributed by atoms with E-state index in [1.165, 1.54) is 50.2 Å². The molecule has 0 saturated carbocycles. The Kier molecular flexibility index (Phi) is 7.56. The molecule has 1 unspecified atom stereocenters. The van der Waals surface area contributed by atoms with Crippen LogP contribution in [0.5, 0.6) is 0 Å². The highest BCUT2D eigenvalue weighted by molar-refractivity contribution is 6.67. The lowest BCUT2D eigenvalue weighted by Gasteiger charge is -2.15. The molecule has 0 aliphatic carbocycles. The summed E-state index contributed by atoms with van der Waals surface area (Å²) in [4.78, 5) is 0. The molecule has 0 aromatic heterocycles. The minimum atomic E-state index is -0.488. The zero-order chi connectivity index (χ0) is 12.7. The van der Waals surface area contributed by atoms with E-state index >= 15 is 0 Å². The standard InChI is InChI=1S/C14H26.C2H5.Al/c1-5-8-9-10-12-13(4)14(7-3)11-6-2;1-2;/h13H,4-10,12H2,1-3H3;1H2,2H3;. The van der Waals surface area contributed by atoms with Gasteiger partial charge in [-0.3, -0.25) is 0 Å². The smallest absolute Gasteiger partial charge is 0.131 e. The molecule has 17 heavy (non-hydrogen) atoms. The molecule has 0 aromatic carbocycles. The van der Waals surface area contributed by atoms with E-state index in [0.29, 0.717) is 0 Å². The highest BCUT2D eigenvalue weighted by atomic mass is 27.2. The molecule has 0 radical (unpaired) electrons. The number of unbranched alkanes of at least 4 members (excludes halogenated alkanes) is 3. The summed E-state index contributed by atoms with van der Waals surface area (Å²) < 4.78 is 1.97. The maximum Gasteiger partial charge on any atom is 0.299 e. The highest BCUT2D eigenvalue weighted by Crippen LogP contribution is 2.40. The van der Waals surface area contributed by atoms with Crippen molar-refractivity contribution in [3.8, 4) is 0 Å². The van der Waals surface area contributed by atoms with E-state index in [4.69, 9.17) is 0 Å². The van der Waals surface area contributed by atoms with Gasteiger partial charge in [0, 0.05) is 0 Å². The van der Waals surface area contributed by atoms with Crippen molar-refractivity contribution >= 4 is 14.1 Å². The SMILES string of the molecule is CCCCCCC1[CH2][Al]([CH2]C)[C](CC)=C1CC. The molecule has 0 saturated heterocycles. The number of hydrogen-bond acceptors (Lipinski definition) is 0. The monoisotopic (exact) mass is 250 g/mol. The number of rotatable bonds is 8. The first kappa shape index (κ1) is 15.3. The van der Waals surface area contributed by atoms with Gasteiger partial charge in [-0.05, 0) is 25.2 Å². The quantitative estimate of drug-likeness (QED) is 0.379. The van der Waals surface area contributed by atoms with E-state index < -0.39 is 14.1 Å². The molecule has 98 valence electrons. The summed E-state index contributed by atoms with van der Waals surface area (Å²) in [5.74, 6) is 1.00. The van der Waals surface area contributed by atoms with E-state index in [1.807, 2.05) is 10.0 Å². The Labute approximate surface area is 113 Å². The third kappa shape index (κ3) is 4.15. The summed E-state index contributed by atoms with van der Waals surface area (Å²) in [6.07, 6.45) is 9.94. The molecule has 0 aromatic rings. The summed E-state index contributed by atoms with van der Waals surface area (Å²) in [5.41, 5.74) is 1.91. The van der Waals surface area contributed by atoms with E-state index in [0.717, 1.165) is 5.92 Å². The van der Waals surface area contributed by atoms with Crippen molar-refractivity contribution in [2.45, 2.75) is 83.2 Å². The van der Waals surface area contributed by atoms with Gasteiger partial charge in [-0.2, -0.15) is 0 Å². The van der Waals surface area contributed by atoms with Crippen LogP contribution in [-0.4, -0.2) is 14.1 Å². The Morgan fingerprint density at radius 2 is 1.76 bits per heavy atom. The first-order valence-corrected chi connectivity index (χ1v) is 10.2. The third-order valence-electron chi connectivity index (χ3n) is 4.63. The fourth-order valence-electron chi connectivity index (χ4n) is 3.71. The molecule has 1 aliphatic heterocycles. The minimum Gasteiger partial charge on any atom is -0.131 e. The second-order valence-electron chi connectivity index (χ2n) is 5.64. The molecule has 1 atom stereocenters. The highest BCUT2D eigenvalue weighted by Gasteiger charge is 2.33. The normalized spacial score (nSPS) is 20.5. The van der Waals surface area contributed by atoms with E-state index in [2.05, 4.69) is 27.7 Å². The van der Waals surface area contributed by atoms with Gasteiger partial charge in [-0.25, -0.2) is 0 Å². The van der Waals surface area contributed by atoms with Gasteiger partial charge >= 0.3 is 0 Å². The molecule has 1 heteroatoms. The van der Waals surface area contributed by atoms with Gasteiger partial charge < -0.3 is 0 Å². The summed E-state index contributed by atoms with van der Waals surface area (Å²) in [6.45, 7) is 9.51. The average molecular weight is 250 g/mol. The zero-order valence-corrected chi connectivity index (χ0v) is 13.7. The second kappa shape index (κ2) is 8.39. The molecule has 0 spiro atoms. The largest absolute Gasteiger partial charge is 0.299 e. The van der Waals surface area contributed by atoms with Crippen molar-refractivity contribution in [1.29, 1.82) is 0 Å². The zero-order valence-electron chi connectivity index (χ0n) is 12.5. The first-order valence-electron chi connectivity index (χ1n) is 8.00. The molecular weight excluding hydrogens is 219 g/mol. The van der Waals surface area contributed by atoms with Crippen LogP contribution in [0.2, 0.25) is 10.6 Å². The molecule has 0 fully saturated rings. The van der Waals surface area contributed by atoms with Crippen molar-refractivity contribution in [3.05, 3.63) is 10.0 Å². The molecule has 1 rings (SSSR count). The molecular formula is C16H31Al. The predicted octanol–water partition coefficient (Wildman–Crippen LogP) is 5.76. The van der Waals surface area contributed by atoms with Gasteiger partial charge in [0.15, 0.2) is 0 Å². The Morgan fingerprint density at radius 1 is 1.00 bits per heavy atom. The van der Waals surface area contributed by atoms with Crippen LogP contribution in [0.1, 0.15) is 72.6 Å². The summed E-state index contributed by atoms with van der Waals surface area (Å²) in [6, 6.07) is 0. The Hall–Kier alpha value is 0.272. The molecule has 0 bridgehead atoms. The fourth-order valence-corrected chi connectivity index (χ4v) is 7.57. The van der Waals surface area contributed by atoms with Crippen LogP contribution in [0.4, 0.5) is 0 Å². The van der Waals surface area contributed by atoms with Crippen LogP contribution in [-0.2, 0) is 0 Å². The average Bonchev–Trinajstić information content (AvgIpc) is 2.71. The summed E-state index contributed by atoms with van der Waals surface area (Å²) in [7, 11) is 0. The van der Waals surface area contributed by atoms with Crippen molar-refractivity contribution in [1.82, 2.24) is 0 Å². The predicted molar refractivity (Wildman–Crippen MR) is 80.9 cm³/mol. The lowest BCUT2D eigenvalue weighted by Crippen LogP contribution is -2.10. The lowest BCUT2D eigenvalue weighted by atomic mass is 9.92. The van der Waals surface area contributed by atoms with E-state index in [-0.39, 0.29) is 0 Å². The molecule has 0 nitrogen and oxygen atoms in total. The van der Waals surface area contributed by atoms with Gasteiger partial charge in [0.25, 0.3) is 14.1 Å². The molecule has 1 heterocycles. The van der Waals surface area contributed by atoms with Crippen LogP contribution < -0.4 is 0 Å². The minimum absolute atomic E-state index is 0.488. The Bertz CT molecular complexity index is 242. The van der Waals surface area contributed by atoms with Crippen LogP contribution in [0.15, 0.2) is 10.0 Å². The molecule has 1 aliphatic rings. The van der Waals surface area contributed by atoms with Crippen LogP contribution in [0.3, 0.4) is 0 Å². The molecule has 0 N–H and O–H groups in total. The van der Waals surface area contributed by atoms with Gasteiger partial charge in [0.1, 0.15) is 0 Å². The van der Waals surface area contributed by atoms with Gasteiger partial charge in [0.05, 0.1) is 0 Å². The van der Waals surface area contributed by atoms with Crippen LogP contribution in [0.25, 0.3) is 0 Å². The lowest BCUT2D eigenvalue weighted by molar-refractivity contribution is 0.536. The van der Waals surface area contributed by atoms with Crippen LogP contribution in [0, 0.1) is 5.92 Å². The van der Waals surface area contributed by atoms with E-state index in [1.54, 1.807) is 5.28 Å². The Balaban J connectivity index is 2.52. The molecule has 0 amide bonds. The Morgan fingerprint density at radius 3 is 2.29 bits per heavy atom. The summed E-state index contributed by atoms with van der Waals surface area (Å²) in [5, 5.41) is 3.10. The maximum atomic E-state index is 2.43. The van der Waals surface area contributed by atoms with Crippen molar-refractivity contribution < 1.29 is 0 Å². The van der Waals surface area contributed by atoms with Gasteiger partial charge in [-0.15, -0.1) is 4.44 Å². The van der Waals surface area contributed by atoms with Gasteiger partial charge in [0.2, 0.25) is 0 Å². The maximum absolute atomic E-state index is 2.43. The third-order valence-corrected chi connectivity index (χ3v) is 8.52. The topological polar surface area (TPSA) is 0 Å². The first-order chi connectivity index (χ1) is 8.28. The second-order valence-corrected chi connectivity index (χ2v) is 9.02. The number of hydrogen-bond donors (Lipinski definition) is 0.